The second-order valence-corrected chi connectivity index (χ2v) is 4.31. The molecule has 1 aliphatic rings. The van der Waals surface area contributed by atoms with Gasteiger partial charge in [-0.2, -0.15) is 0 Å². The second-order valence-electron chi connectivity index (χ2n) is 4.31. The van der Waals surface area contributed by atoms with Crippen LogP contribution in [0.2, 0.25) is 0 Å². The Balaban J connectivity index is 2.72. The van der Waals surface area contributed by atoms with E-state index in [4.69, 9.17) is 5.11 Å². The summed E-state index contributed by atoms with van der Waals surface area (Å²) in [5, 5.41) is 8.78. The van der Waals surface area contributed by atoms with Crippen molar-refractivity contribution in [1.29, 1.82) is 0 Å². The van der Waals surface area contributed by atoms with Gasteiger partial charge in [0.1, 0.15) is 0 Å². The minimum Gasteiger partial charge on any atom is -0.478 e. The molecule has 1 N–H and O–H groups in total. The highest BCUT2D eigenvalue weighted by Crippen LogP contribution is 2.29. The monoisotopic (exact) mass is 197 g/mol. The highest BCUT2D eigenvalue weighted by molar-refractivity contribution is 5.85. The van der Waals surface area contributed by atoms with E-state index in [1.54, 1.807) is 6.92 Å². The molecule has 0 saturated carbocycles. The number of carbonyl (C=O) groups is 1. The highest BCUT2D eigenvalue weighted by atomic mass is 16.4. The maximum Gasteiger partial charge on any atom is 0.330 e. The molecule has 1 aliphatic heterocycles. The summed E-state index contributed by atoms with van der Waals surface area (Å²) in [4.78, 5) is 13.0. The highest BCUT2D eigenvalue weighted by Gasteiger charge is 2.32. The molecule has 3 nitrogen and oxygen atoms in total. The summed E-state index contributed by atoms with van der Waals surface area (Å²) in [6.07, 6.45) is 2.95. The van der Waals surface area contributed by atoms with E-state index in [9.17, 15) is 4.79 Å². The Morgan fingerprint density at radius 3 is 2.43 bits per heavy atom. The van der Waals surface area contributed by atoms with Gasteiger partial charge in [-0.05, 0) is 40.2 Å². The van der Waals surface area contributed by atoms with Gasteiger partial charge in [0.15, 0.2) is 0 Å². The lowest BCUT2D eigenvalue weighted by Crippen LogP contribution is -2.29. The van der Waals surface area contributed by atoms with E-state index in [0.29, 0.717) is 23.6 Å². The lowest BCUT2D eigenvalue weighted by Gasteiger charge is -2.21. The number of rotatable bonds is 2. The van der Waals surface area contributed by atoms with E-state index in [0.717, 1.165) is 6.42 Å². The number of likely N-dealkylation sites (tertiary alicyclic amines) is 1. The van der Waals surface area contributed by atoms with Gasteiger partial charge in [0.05, 0.1) is 0 Å². The fourth-order valence-electron chi connectivity index (χ4n) is 2.06. The van der Waals surface area contributed by atoms with Crippen LogP contribution >= 0.6 is 0 Å². The van der Waals surface area contributed by atoms with Crippen LogP contribution in [-0.4, -0.2) is 35.1 Å². The van der Waals surface area contributed by atoms with Gasteiger partial charge in [-0.15, -0.1) is 0 Å². The summed E-state index contributed by atoms with van der Waals surface area (Å²) in [6, 6.07) is 0.993. The van der Waals surface area contributed by atoms with Crippen LogP contribution in [0.5, 0.6) is 0 Å². The molecule has 0 aromatic rings. The standard InChI is InChI=1S/C11H19NO2/c1-7(11(13)14)5-10-6-8(2)12(4)9(10)3/h5,8-10H,6H2,1-4H3,(H,13,14). The van der Waals surface area contributed by atoms with Crippen LogP contribution in [0.4, 0.5) is 0 Å². The molecule has 0 aromatic heterocycles. The van der Waals surface area contributed by atoms with Crippen molar-refractivity contribution in [2.75, 3.05) is 7.05 Å². The van der Waals surface area contributed by atoms with Crippen molar-refractivity contribution >= 4 is 5.97 Å². The molecule has 1 rings (SSSR count). The maximum absolute atomic E-state index is 10.7. The van der Waals surface area contributed by atoms with Gasteiger partial charge in [-0.1, -0.05) is 6.08 Å². The smallest absolute Gasteiger partial charge is 0.330 e. The molecule has 14 heavy (non-hydrogen) atoms. The van der Waals surface area contributed by atoms with Gasteiger partial charge < -0.3 is 10.0 Å². The van der Waals surface area contributed by atoms with Crippen molar-refractivity contribution in [2.45, 2.75) is 39.3 Å². The molecule has 80 valence electrons. The van der Waals surface area contributed by atoms with Gasteiger partial charge in [-0.25, -0.2) is 4.79 Å². The van der Waals surface area contributed by atoms with Crippen LogP contribution in [0, 0.1) is 5.92 Å². The molecule has 0 aliphatic carbocycles. The van der Waals surface area contributed by atoms with Gasteiger partial charge >= 0.3 is 5.97 Å². The summed E-state index contributed by atoms with van der Waals surface area (Å²) in [7, 11) is 2.10. The predicted molar refractivity (Wildman–Crippen MR) is 56.2 cm³/mol. The SMILES string of the molecule is CC(=CC1CC(C)N(C)C1C)C(=O)O. The van der Waals surface area contributed by atoms with Crippen molar-refractivity contribution in [2.24, 2.45) is 5.92 Å². The maximum atomic E-state index is 10.7. The number of carboxylic acid groups (broad SMARTS) is 1. The van der Waals surface area contributed by atoms with Crippen LogP contribution in [0.15, 0.2) is 11.6 Å². The first-order valence-electron chi connectivity index (χ1n) is 5.07. The Kier molecular flexibility index (Phi) is 3.32. The lowest BCUT2D eigenvalue weighted by molar-refractivity contribution is -0.132. The third kappa shape index (κ3) is 2.15. The number of carboxylic acids is 1. The number of nitrogens with zero attached hydrogens (tertiary/aromatic N) is 1. The Labute approximate surface area is 85.4 Å². The topological polar surface area (TPSA) is 40.5 Å². The molecule has 0 amide bonds. The third-order valence-corrected chi connectivity index (χ3v) is 3.37. The van der Waals surface area contributed by atoms with E-state index < -0.39 is 5.97 Å². The largest absolute Gasteiger partial charge is 0.478 e. The first kappa shape index (κ1) is 11.2. The molecular formula is C11H19NO2. The van der Waals surface area contributed by atoms with Crippen molar-refractivity contribution in [3.63, 3.8) is 0 Å². The predicted octanol–water partition coefficient (Wildman–Crippen LogP) is 1.75. The first-order chi connectivity index (χ1) is 6.43. The van der Waals surface area contributed by atoms with Crippen molar-refractivity contribution < 1.29 is 9.90 Å². The zero-order valence-electron chi connectivity index (χ0n) is 9.32. The normalized spacial score (nSPS) is 34.9. The van der Waals surface area contributed by atoms with Crippen LogP contribution in [0.25, 0.3) is 0 Å². The van der Waals surface area contributed by atoms with Crippen LogP contribution < -0.4 is 0 Å². The first-order valence-corrected chi connectivity index (χ1v) is 5.07. The Morgan fingerprint density at radius 1 is 1.50 bits per heavy atom. The number of hydrogen-bond donors (Lipinski definition) is 1. The van der Waals surface area contributed by atoms with Gasteiger partial charge in [0, 0.05) is 17.7 Å². The summed E-state index contributed by atoms with van der Waals surface area (Å²) in [5.41, 5.74) is 0.462. The molecule has 1 fully saturated rings. The van der Waals surface area contributed by atoms with Crippen molar-refractivity contribution in [1.82, 2.24) is 4.90 Å². The molecule has 0 radical (unpaired) electrons. The van der Waals surface area contributed by atoms with Gasteiger partial charge in [0.25, 0.3) is 0 Å². The van der Waals surface area contributed by atoms with Crippen LogP contribution in [0.1, 0.15) is 27.2 Å². The van der Waals surface area contributed by atoms with E-state index in [2.05, 4.69) is 25.8 Å². The molecule has 0 spiro atoms. The van der Waals surface area contributed by atoms with Crippen molar-refractivity contribution in [3.05, 3.63) is 11.6 Å². The number of hydrogen-bond acceptors (Lipinski definition) is 2. The quantitative estimate of drug-likeness (QED) is 0.685. The van der Waals surface area contributed by atoms with E-state index in [-0.39, 0.29) is 0 Å². The third-order valence-electron chi connectivity index (χ3n) is 3.37. The average molecular weight is 197 g/mol. The molecule has 1 saturated heterocycles. The summed E-state index contributed by atoms with van der Waals surface area (Å²) in [5.74, 6) is -0.425. The molecule has 1 heterocycles. The summed E-state index contributed by atoms with van der Waals surface area (Å²) >= 11 is 0. The number of aliphatic carboxylic acids is 1. The fraction of sp³-hybridized carbons (Fsp3) is 0.727. The minimum atomic E-state index is -0.806. The van der Waals surface area contributed by atoms with E-state index in [1.165, 1.54) is 0 Å². The van der Waals surface area contributed by atoms with E-state index >= 15 is 0 Å². The lowest BCUT2D eigenvalue weighted by atomic mass is 9.98. The summed E-state index contributed by atoms with van der Waals surface area (Å²) in [6.45, 7) is 6.00. The molecule has 3 heteroatoms. The molecule has 3 atom stereocenters. The second kappa shape index (κ2) is 4.13. The minimum absolute atomic E-state index is 0.381. The Hall–Kier alpha value is -0.830. The van der Waals surface area contributed by atoms with Crippen LogP contribution in [-0.2, 0) is 4.79 Å². The molecule has 0 bridgehead atoms. The van der Waals surface area contributed by atoms with Crippen LogP contribution in [0.3, 0.4) is 0 Å². The summed E-state index contributed by atoms with van der Waals surface area (Å²) < 4.78 is 0. The fourth-order valence-corrected chi connectivity index (χ4v) is 2.06. The zero-order valence-corrected chi connectivity index (χ0v) is 9.32. The Bertz CT molecular complexity index is 260. The molecule has 0 aromatic carbocycles. The van der Waals surface area contributed by atoms with Crippen molar-refractivity contribution in [3.8, 4) is 0 Å². The van der Waals surface area contributed by atoms with Gasteiger partial charge in [0.2, 0.25) is 0 Å². The molecular weight excluding hydrogens is 178 g/mol. The van der Waals surface area contributed by atoms with E-state index in [1.807, 2.05) is 6.08 Å². The average Bonchev–Trinajstić information content (AvgIpc) is 2.33. The zero-order chi connectivity index (χ0) is 10.9. The van der Waals surface area contributed by atoms with Gasteiger partial charge in [-0.3, -0.25) is 0 Å². The Morgan fingerprint density at radius 2 is 2.07 bits per heavy atom. The molecule has 3 unspecified atom stereocenters.